The van der Waals surface area contributed by atoms with E-state index < -0.39 is 5.82 Å². The molecule has 0 radical (unpaired) electrons. The number of hydrogen-bond acceptors (Lipinski definition) is 4. The Morgan fingerprint density at radius 2 is 1.84 bits per heavy atom. The number of nitrogens with zero attached hydrogens (tertiary/aromatic N) is 4. The van der Waals surface area contributed by atoms with E-state index in [2.05, 4.69) is 10.1 Å². The zero-order chi connectivity index (χ0) is 22.4. The molecule has 158 valence electrons. The second-order valence-electron chi connectivity index (χ2n) is 8.02. The molecule has 4 aromatic rings. The average molecular weight is 418 g/mol. The Hall–Kier alpha value is -3.61. The fourth-order valence-corrected chi connectivity index (χ4v) is 3.84. The van der Waals surface area contributed by atoms with E-state index in [1.54, 1.807) is 17.7 Å². The summed E-state index contributed by atoms with van der Waals surface area (Å²) < 4.78 is 18.1. The first-order valence-corrected chi connectivity index (χ1v) is 10.1. The van der Waals surface area contributed by atoms with Crippen molar-refractivity contribution in [3.8, 4) is 17.1 Å². The monoisotopic (exact) mass is 418 g/mol. The zero-order valence-electron chi connectivity index (χ0n) is 18.1. The van der Waals surface area contributed by atoms with E-state index >= 15 is 4.39 Å². The van der Waals surface area contributed by atoms with Gasteiger partial charge >= 0.3 is 0 Å². The number of hydrogen-bond donors (Lipinski definition) is 0. The van der Waals surface area contributed by atoms with Gasteiger partial charge in [-0.3, -0.25) is 14.2 Å². The van der Waals surface area contributed by atoms with Crippen LogP contribution >= 0.6 is 0 Å². The third-order valence-electron chi connectivity index (χ3n) is 5.45. The van der Waals surface area contributed by atoms with Gasteiger partial charge in [0.05, 0.1) is 16.6 Å². The highest BCUT2D eigenvalue weighted by Crippen LogP contribution is 2.30. The number of halogens is 1. The summed E-state index contributed by atoms with van der Waals surface area (Å²) in [6.45, 7) is 7.37. The van der Waals surface area contributed by atoms with Crippen LogP contribution in [0.5, 0.6) is 0 Å². The molecule has 0 unspecified atom stereocenters. The molecular weight excluding hydrogens is 395 g/mol. The summed E-state index contributed by atoms with van der Waals surface area (Å²) in [4.78, 5) is 29.3. The Morgan fingerprint density at radius 1 is 1.13 bits per heavy atom. The van der Waals surface area contributed by atoms with Crippen LogP contribution in [0, 0.1) is 12.7 Å². The van der Waals surface area contributed by atoms with Crippen LogP contribution in [0.25, 0.3) is 27.8 Å². The van der Waals surface area contributed by atoms with Crippen LogP contribution in [-0.2, 0) is 7.05 Å². The van der Waals surface area contributed by atoms with Gasteiger partial charge < -0.3 is 0 Å². The standard InChI is InChI=1S/C24H23FN4O2/c1-13(2)19-12-29(21-9-7-6-8-14(21)3)24(31)17-11-20(25)18(10-16(17)19)22-26-23(15(4)30)28(5)27-22/h6-13H,1-5H3. The van der Waals surface area contributed by atoms with Crippen molar-refractivity contribution >= 4 is 16.6 Å². The van der Waals surface area contributed by atoms with Gasteiger partial charge in [-0.1, -0.05) is 32.0 Å². The van der Waals surface area contributed by atoms with Gasteiger partial charge in [0.25, 0.3) is 5.56 Å². The lowest BCUT2D eigenvalue weighted by Crippen LogP contribution is -2.20. The molecule has 0 aliphatic heterocycles. The highest BCUT2D eigenvalue weighted by atomic mass is 19.1. The van der Waals surface area contributed by atoms with Crippen molar-refractivity contribution in [3.05, 3.63) is 75.7 Å². The summed E-state index contributed by atoms with van der Waals surface area (Å²) in [5, 5.41) is 5.15. The maximum atomic E-state index is 15.2. The molecule has 2 aromatic heterocycles. The smallest absolute Gasteiger partial charge is 0.263 e. The van der Waals surface area contributed by atoms with Crippen LogP contribution in [0.15, 0.2) is 47.4 Å². The number of Topliss-reactive ketones (excluding diaryl/α,β-unsaturated/α-hetero) is 1. The number of aromatic nitrogens is 4. The summed E-state index contributed by atoms with van der Waals surface area (Å²) in [7, 11) is 1.59. The van der Waals surface area contributed by atoms with Gasteiger partial charge in [0.1, 0.15) is 5.82 Å². The SMILES string of the molecule is CC(=O)c1nc(-c2cc3c(C(C)C)cn(-c4ccccc4C)c(=O)c3cc2F)nn1C. The van der Waals surface area contributed by atoms with Gasteiger partial charge in [-0.25, -0.2) is 14.1 Å². The van der Waals surface area contributed by atoms with Gasteiger partial charge in [0, 0.05) is 20.2 Å². The van der Waals surface area contributed by atoms with Crippen molar-refractivity contribution in [3.63, 3.8) is 0 Å². The summed E-state index contributed by atoms with van der Waals surface area (Å²) in [5.74, 6) is -0.520. The molecule has 0 atom stereocenters. The predicted octanol–water partition coefficient (Wildman–Crippen LogP) is 4.56. The number of pyridine rings is 1. The second kappa shape index (κ2) is 7.58. The second-order valence-corrected chi connectivity index (χ2v) is 8.02. The summed E-state index contributed by atoms with van der Waals surface area (Å²) >= 11 is 0. The molecular formula is C24H23FN4O2. The molecule has 0 aliphatic rings. The lowest BCUT2D eigenvalue weighted by molar-refractivity contribution is 0.0999. The molecule has 0 N–H and O–H groups in total. The number of rotatable bonds is 4. The van der Waals surface area contributed by atoms with E-state index in [-0.39, 0.29) is 34.5 Å². The maximum Gasteiger partial charge on any atom is 0.263 e. The minimum Gasteiger partial charge on any atom is -0.291 e. The molecule has 0 saturated heterocycles. The summed E-state index contributed by atoms with van der Waals surface area (Å²) in [5.41, 5.74) is 2.48. The van der Waals surface area contributed by atoms with E-state index in [1.165, 1.54) is 17.7 Å². The molecule has 4 rings (SSSR count). The van der Waals surface area contributed by atoms with Crippen LogP contribution in [0.4, 0.5) is 4.39 Å². The third-order valence-corrected chi connectivity index (χ3v) is 5.45. The number of carbonyl (C=O) groups is 1. The van der Waals surface area contributed by atoms with Crippen molar-refractivity contribution < 1.29 is 9.18 Å². The Bertz CT molecular complexity index is 1400. The number of para-hydroxylation sites is 1. The first-order chi connectivity index (χ1) is 14.7. The average Bonchev–Trinajstić information content (AvgIpc) is 3.10. The van der Waals surface area contributed by atoms with Gasteiger partial charge in [-0.05, 0) is 47.6 Å². The Morgan fingerprint density at radius 3 is 2.45 bits per heavy atom. The first kappa shape index (κ1) is 20.7. The van der Waals surface area contributed by atoms with Gasteiger partial charge in [0.2, 0.25) is 0 Å². The lowest BCUT2D eigenvalue weighted by Gasteiger charge is -2.17. The van der Waals surface area contributed by atoms with E-state index in [1.807, 2.05) is 51.2 Å². The van der Waals surface area contributed by atoms with Gasteiger partial charge in [0.15, 0.2) is 17.4 Å². The molecule has 0 aliphatic carbocycles. The minimum atomic E-state index is -0.609. The third kappa shape index (κ3) is 3.46. The molecule has 2 aromatic carbocycles. The van der Waals surface area contributed by atoms with E-state index in [4.69, 9.17) is 0 Å². The number of carbonyl (C=O) groups excluding carboxylic acids is 1. The molecule has 6 nitrogen and oxygen atoms in total. The molecule has 0 fully saturated rings. The maximum absolute atomic E-state index is 15.2. The number of benzene rings is 2. The zero-order valence-corrected chi connectivity index (χ0v) is 18.1. The molecule has 31 heavy (non-hydrogen) atoms. The molecule has 0 saturated carbocycles. The Kier molecular flexibility index (Phi) is 5.05. The first-order valence-electron chi connectivity index (χ1n) is 10.1. The van der Waals surface area contributed by atoms with Crippen molar-refractivity contribution in [1.29, 1.82) is 0 Å². The van der Waals surface area contributed by atoms with Crippen LogP contribution in [0.3, 0.4) is 0 Å². The van der Waals surface area contributed by atoms with Gasteiger partial charge in [-0.2, -0.15) is 5.10 Å². The minimum absolute atomic E-state index is 0.0844. The lowest BCUT2D eigenvalue weighted by atomic mass is 9.96. The van der Waals surface area contributed by atoms with E-state index in [9.17, 15) is 9.59 Å². The Labute approximate surface area is 179 Å². The van der Waals surface area contributed by atoms with Crippen LogP contribution in [-0.4, -0.2) is 25.1 Å². The molecule has 0 spiro atoms. The van der Waals surface area contributed by atoms with Crippen molar-refractivity contribution in [2.45, 2.75) is 33.6 Å². The van der Waals surface area contributed by atoms with Crippen LogP contribution in [0.1, 0.15) is 48.4 Å². The fraction of sp³-hybridized carbons (Fsp3) is 0.250. The summed E-state index contributed by atoms with van der Waals surface area (Å²) in [6.07, 6.45) is 1.83. The molecule has 0 amide bonds. The highest BCUT2D eigenvalue weighted by molar-refractivity contribution is 5.92. The van der Waals surface area contributed by atoms with Crippen molar-refractivity contribution in [2.24, 2.45) is 7.05 Å². The topological polar surface area (TPSA) is 69.8 Å². The van der Waals surface area contributed by atoms with E-state index in [0.29, 0.717) is 10.8 Å². The van der Waals surface area contributed by atoms with Crippen molar-refractivity contribution in [2.75, 3.05) is 0 Å². The summed E-state index contributed by atoms with van der Waals surface area (Å²) in [6, 6.07) is 10.5. The molecule has 2 heterocycles. The largest absolute Gasteiger partial charge is 0.291 e. The molecule has 0 bridgehead atoms. The van der Waals surface area contributed by atoms with Gasteiger partial charge in [-0.15, -0.1) is 0 Å². The van der Waals surface area contributed by atoms with Crippen LogP contribution in [0.2, 0.25) is 0 Å². The normalized spacial score (nSPS) is 11.5. The van der Waals surface area contributed by atoms with E-state index in [0.717, 1.165) is 16.8 Å². The highest BCUT2D eigenvalue weighted by Gasteiger charge is 2.20. The number of aryl methyl sites for hydroxylation is 2. The van der Waals surface area contributed by atoms with Crippen molar-refractivity contribution in [1.82, 2.24) is 19.3 Å². The fourth-order valence-electron chi connectivity index (χ4n) is 3.84. The molecule has 7 heteroatoms. The van der Waals surface area contributed by atoms with Crippen LogP contribution < -0.4 is 5.56 Å². The Balaban J connectivity index is 2.03. The number of ketones is 1. The quantitative estimate of drug-likeness (QED) is 0.456. The predicted molar refractivity (Wildman–Crippen MR) is 118 cm³/mol. The number of fused-ring (bicyclic) bond motifs is 1.